The lowest BCUT2D eigenvalue weighted by molar-refractivity contribution is -0.125. The number of sulfone groups is 1. The van der Waals surface area contributed by atoms with Gasteiger partial charge < -0.3 is 10.1 Å². The molecule has 128 valence electrons. The van der Waals surface area contributed by atoms with Gasteiger partial charge in [-0.1, -0.05) is 19.9 Å². The fourth-order valence-electron chi connectivity index (χ4n) is 2.02. The first-order chi connectivity index (χ1) is 10.7. The lowest BCUT2D eigenvalue weighted by Gasteiger charge is -2.15. The summed E-state index contributed by atoms with van der Waals surface area (Å²) in [7, 11) is -3.42. The maximum absolute atomic E-state index is 12.1. The Morgan fingerprint density at radius 1 is 1.22 bits per heavy atom. The predicted octanol–water partition coefficient (Wildman–Crippen LogP) is 1.86. The molecule has 0 bridgehead atoms. The van der Waals surface area contributed by atoms with Crippen LogP contribution in [0.1, 0.15) is 42.6 Å². The van der Waals surface area contributed by atoms with Gasteiger partial charge >= 0.3 is 5.97 Å². The molecule has 1 rings (SSSR count). The molecule has 6 nitrogen and oxygen atoms in total. The van der Waals surface area contributed by atoms with Crippen LogP contribution < -0.4 is 5.32 Å². The van der Waals surface area contributed by atoms with Crippen molar-refractivity contribution in [3.05, 3.63) is 29.3 Å². The average Bonchev–Trinajstić information content (AvgIpc) is 2.49. The molecule has 0 saturated heterocycles. The van der Waals surface area contributed by atoms with Crippen molar-refractivity contribution in [1.82, 2.24) is 5.32 Å². The Bertz CT molecular complexity index is 678. The van der Waals surface area contributed by atoms with E-state index in [1.54, 1.807) is 6.92 Å². The van der Waals surface area contributed by atoms with Crippen LogP contribution in [0.4, 0.5) is 0 Å². The Balaban J connectivity index is 2.77. The Hall–Kier alpha value is -1.89. The fourth-order valence-corrected chi connectivity index (χ4v) is 2.67. The largest absolute Gasteiger partial charge is 0.452 e. The van der Waals surface area contributed by atoms with Crippen LogP contribution in [0.2, 0.25) is 0 Å². The number of carbonyl (C=O) groups excluding carboxylic acids is 2. The lowest BCUT2D eigenvalue weighted by atomic mass is 10.1. The van der Waals surface area contributed by atoms with Crippen molar-refractivity contribution in [3.63, 3.8) is 0 Å². The summed E-state index contributed by atoms with van der Waals surface area (Å²) in [6.45, 7) is 5.20. The summed E-state index contributed by atoms with van der Waals surface area (Å²) in [4.78, 5) is 23.8. The molecule has 1 N–H and O–H groups in total. The van der Waals surface area contributed by atoms with Gasteiger partial charge in [0.05, 0.1) is 10.5 Å². The van der Waals surface area contributed by atoms with Crippen molar-refractivity contribution in [2.45, 2.75) is 44.6 Å². The zero-order chi connectivity index (χ0) is 17.6. The molecule has 0 radical (unpaired) electrons. The zero-order valence-electron chi connectivity index (χ0n) is 13.9. The van der Waals surface area contributed by atoms with Crippen LogP contribution in [0.15, 0.2) is 23.1 Å². The predicted molar refractivity (Wildman–Crippen MR) is 87.1 cm³/mol. The third-order valence-corrected chi connectivity index (χ3v) is 4.65. The summed E-state index contributed by atoms with van der Waals surface area (Å²) in [5.41, 5.74) is 0.728. The smallest absolute Gasteiger partial charge is 0.338 e. The van der Waals surface area contributed by atoms with Gasteiger partial charge in [0.2, 0.25) is 0 Å². The highest BCUT2D eigenvalue weighted by Crippen LogP contribution is 2.16. The molecular weight excluding hydrogens is 318 g/mol. The van der Waals surface area contributed by atoms with Crippen molar-refractivity contribution < 1.29 is 22.7 Å². The van der Waals surface area contributed by atoms with Crippen LogP contribution in [-0.2, 0) is 19.4 Å². The van der Waals surface area contributed by atoms with E-state index >= 15 is 0 Å². The van der Waals surface area contributed by atoms with E-state index in [1.807, 2.05) is 13.8 Å². The average molecular weight is 341 g/mol. The first-order valence-corrected chi connectivity index (χ1v) is 9.35. The lowest BCUT2D eigenvalue weighted by Crippen LogP contribution is -2.36. The molecule has 1 amide bonds. The molecular formula is C16H23NO5S. The Kier molecular flexibility index (Phi) is 6.75. The van der Waals surface area contributed by atoms with Crippen LogP contribution in [0, 0.1) is 6.92 Å². The second-order valence-electron chi connectivity index (χ2n) is 5.41. The van der Waals surface area contributed by atoms with E-state index in [2.05, 4.69) is 5.32 Å². The van der Waals surface area contributed by atoms with Crippen LogP contribution >= 0.6 is 0 Å². The molecule has 1 aromatic rings. The molecule has 0 fully saturated rings. The van der Waals surface area contributed by atoms with Crippen molar-refractivity contribution in [2.24, 2.45) is 0 Å². The molecule has 0 atom stereocenters. The normalized spacial score (nSPS) is 11.3. The SMILES string of the molecule is CCC(CC)NC(=O)COC(=O)c1cc(S(C)(=O)=O)ccc1C. The van der Waals surface area contributed by atoms with E-state index in [-0.39, 0.29) is 22.4 Å². The van der Waals surface area contributed by atoms with Crippen LogP contribution in [0.5, 0.6) is 0 Å². The third-order valence-electron chi connectivity index (χ3n) is 3.54. The molecule has 0 heterocycles. The highest BCUT2D eigenvalue weighted by Gasteiger charge is 2.17. The second-order valence-corrected chi connectivity index (χ2v) is 7.42. The summed E-state index contributed by atoms with van der Waals surface area (Å²) < 4.78 is 28.1. The van der Waals surface area contributed by atoms with Gasteiger partial charge in [0.15, 0.2) is 16.4 Å². The first-order valence-electron chi connectivity index (χ1n) is 7.46. The van der Waals surface area contributed by atoms with Gasteiger partial charge in [-0.25, -0.2) is 13.2 Å². The van der Waals surface area contributed by atoms with Gasteiger partial charge in [0.1, 0.15) is 0 Å². The molecule has 23 heavy (non-hydrogen) atoms. The molecule has 0 aliphatic rings. The maximum Gasteiger partial charge on any atom is 0.338 e. The number of ether oxygens (including phenoxy) is 1. The molecule has 0 saturated carbocycles. The van der Waals surface area contributed by atoms with Gasteiger partial charge in [-0.05, 0) is 37.5 Å². The molecule has 1 aromatic carbocycles. The highest BCUT2D eigenvalue weighted by molar-refractivity contribution is 7.90. The number of hydrogen-bond donors (Lipinski definition) is 1. The number of nitrogens with one attached hydrogen (secondary N) is 1. The van der Waals surface area contributed by atoms with Crippen molar-refractivity contribution in [2.75, 3.05) is 12.9 Å². The van der Waals surface area contributed by atoms with E-state index in [4.69, 9.17) is 4.74 Å². The van der Waals surface area contributed by atoms with Gasteiger partial charge in [0, 0.05) is 12.3 Å². The van der Waals surface area contributed by atoms with E-state index in [0.717, 1.165) is 19.1 Å². The Morgan fingerprint density at radius 3 is 2.35 bits per heavy atom. The Labute approximate surface area is 137 Å². The number of amides is 1. The maximum atomic E-state index is 12.1. The fraction of sp³-hybridized carbons (Fsp3) is 0.500. The minimum absolute atomic E-state index is 0.0385. The van der Waals surface area contributed by atoms with E-state index in [1.165, 1.54) is 18.2 Å². The summed E-state index contributed by atoms with van der Waals surface area (Å²) >= 11 is 0. The van der Waals surface area contributed by atoms with E-state index in [0.29, 0.717) is 5.56 Å². The standard InChI is InChI=1S/C16H23NO5S/c1-5-12(6-2)17-15(18)10-22-16(19)14-9-13(23(4,20)21)8-7-11(14)3/h7-9,12H,5-6,10H2,1-4H3,(H,17,18). The third kappa shape index (κ3) is 5.67. The first kappa shape index (κ1) is 19.2. The van der Waals surface area contributed by atoms with Gasteiger partial charge in [0.25, 0.3) is 5.91 Å². The van der Waals surface area contributed by atoms with E-state index < -0.39 is 22.4 Å². The topological polar surface area (TPSA) is 89.5 Å². The monoisotopic (exact) mass is 341 g/mol. The second kappa shape index (κ2) is 8.10. The molecule has 0 aliphatic carbocycles. The molecule has 0 spiro atoms. The number of esters is 1. The van der Waals surface area contributed by atoms with Crippen LogP contribution in [0.25, 0.3) is 0 Å². The summed E-state index contributed by atoms with van der Waals surface area (Å²) in [5.74, 6) is -1.09. The quantitative estimate of drug-likeness (QED) is 0.765. The number of aryl methyl sites for hydroxylation is 1. The van der Waals surface area contributed by atoms with Crippen molar-refractivity contribution in [1.29, 1.82) is 0 Å². The van der Waals surface area contributed by atoms with Gasteiger partial charge in [-0.2, -0.15) is 0 Å². The minimum atomic E-state index is -3.42. The molecule has 0 aromatic heterocycles. The summed E-state index contributed by atoms with van der Waals surface area (Å²) in [5, 5.41) is 2.76. The van der Waals surface area contributed by atoms with Crippen LogP contribution in [-0.4, -0.2) is 39.2 Å². The number of hydrogen-bond acceptors (Lipinski definition) is 5. The summed E-state index contributed by atoms with van der Waals surface area (Å²) in [6.07, 6.45) is 2.66. The van der Waals surface area contributed by atoms with Crippen molar-refractivity contribution in [3.8, 4) is 0 Å². The molecule has 7 heteroatoms. The van der Waals surface area contributed by atoms with Gasteiger partial charge in [-0.15, -0.1) is 0 Å². The molecule has 0 aliphatic heterocycles. The molecule has 0 unspecified atom stereocenters. The number of benzene rings is 1. The number of rotatable bonds is 7. The Morgan fingerprint density at radius 2 is 1.83 bits per heavy atom. The highest BCUT2D eigenvalue weighted by atomic mass is 32.2. The summed E-state index contributed by atoms with van der Waals surface area (Å²) in [6, 6.07) is 4.29. The van der Waals surface area contributed by atoms with Crippen LogP contribution in [0.3, 0.4) is 0 Å². The minimum Gasteiger partial charge on any atom is -0.452 e. The van der Waals surface area contributed by atoms with Crippen molar-refractivity contribution >= 4 is 21.7 Å². The zero-order valence-corrected chi connectivity index (χ0v) is 14.7. The van der Waals surface area contributed by atoms with E-state index in [9.17, 15) is 18.0 Å². The number of carbonyl (C=O) groups is 2. The van der Waals surface area contributed by atoms with Gasteiger partial charge in [-0.3, -0.25) is 4.79 Å².